The SMILES string of the molecule is CN(C)Cc1[c-]ccc(F)c1.[Br-].[Mg+2]. The van der Waals surface area contributed by atoms with Crippen molar-refractivity contribution in [1.29, 1.82) is 0 Å². The van der Waals surface area contributed by atoms with E-state index in [0.717, 1.165) is 12.1 Å². The van der Waals surface area contributed by atoms with E-state index in [9.17, 15) is 4.39 Å². The molecule has 0 N–H and O–H groups in total. The van der Waals surface area contributed by atoms with E-state index < -0.39 is 0 Å². The second-order valence-corrected chi connectivity index (χ2v) is 2.77. The number of benzene rings is 1. The van der Waals surface area contributed by atoms with Gasteiger partial charge in [0.1, 0.15) is 0 Å². The Kier molecular flexibility index (Phi) is 9.40. The van der Waals surface area contributed by atoms with Gasteiger partial charge in [-0.15, -0.1) is 17.7 Å². The number of hydrogen-bond acceptors (Lipinski definition) is 1. The van der Waals surface area contributed by atoms with E-state index in [-0.39, 0.29) is 45.9 Å². The standard InChI is InChI=1S/C9H11FN.BrH.Mg/c1-11(2)7-8-4-3-5-9(10)6-8;;/h3,5-6H,7H2,1-2H3;1H;/q-1;;+2/p-1. The van der Waals surface area contributed by atoms with Crippen LogP contribution in [0.3, 0.4) is 0 Å². The van der Waals surface area contributed by atoms with Crippen LogP contribution in [0.2, 0.25) is 0 Å². The molecule has 1 nitrogen and oxygen atoms in total. The molecule has 0 bridgehead atoms. The van der Waals surface area contributed by atoms with Gasteiger partial charge in [-0.25, -0.2) is 4.39 Å². The molecule has 0 atom stereocenters. The summed E-state index contributed by atoms with van der Waals surface area (Å²) in [5, 5.41) is 0. The van der Waals surface area contributed by atoms with Crippen LogP contribution >= 0.6 is 0 Å². The zero-order valence-electron chi connectivity index (χ0n) is 7.85. The maximum absolute atomic E-state index is 12.6. The predicted octanol–water partition coefficient (Wildman–Crippen LogP) is -1.69. The minimum Gasteiger partial charge on any atom is -1.00 e. The molecule has 0 heterocycles. The zero-order valence-corrected chi connectivity index (χ0v) is 10.8. The topological polar surface area (TPSA) is 3.24 Å². The number of halogens is 2. The summed E-state index contributed by atoms with van der Waals surface area (Å²) in [6.07, 6.45) is 0. The molecule has 13 heavy (non-hydrogen) atoms. The van der Waals surface area contributed by atoms with E-state index in [4.69, 9.17) is 0 Å². The molecule has 4 heteroatoms. The molecule has 1 aromatic carbocycles. The molecule has 0 aliphatic heterocycles. The first-order chi connectivity index (χ1) is 5.18. The molecule has 0 amide bonds. The Morgan fingerprint density at radius 3 is 2.54 bits per heavy atom. The Balaban J connectivity index is 0. The molecule has 0 radical (unpaired) electrons. The second kappa shape index (κ2) is 7.73. The van der Waals surface area contributed by atoms with Gasteiger partial charge in [-0.05, 0) is 14.1 Å². The maximum Gasteiger partial charge on any atom is 2.00 e. The first-order valence-corrected chi connectivity index (χ1v) is 3.49. The average molecular weight is 256 g/mol. The fraction of sp³-hybridized carbons (Fsp3) is 0.333. The summed E-state index contributed by atoms with van der Waals surface area (Å²) in [5.41, 5.74) is 0.884. The monoisotopic (exact) mass is 255 g/mol. The van der Waals surface area contributed by atoms with Crippen LogP contribution in [0.4, 0.5) is 4.39 Å². The molecule has 0 aliphatic rings. The molecule has 0 fully saturated rings. The fourth-order valence-corrected chi connectivity index (χ4v) is 0.917. The molecule has 0 saturated heterocycles. The smallest absolute Gasteiger partial charge is 1.00 e. The molecule has 0 aliphatic carbocycles. The van der Waals surface area contributed by atoms with Gasteiger partial charge in [-0.2, -0.15) is 12.1 Å². The first kappa shape index (κ1) is 15.8. The van der Waals surface area contributed by atoms with Crippen molar-refractivity contribution in [2.24, 2.45) is 0 Å². The van der Waals surface area contributed by atoms with Crippen molar-refractivity contribution < 1.29 is 21.4 Å². The van der Waals surface area contributed by atoms with Crippen molar-refractivity contribution >= 4 is 23.1 Å². The minimum absolute atomic E-state index is 0. The van der Waals surface area contributed by atoms with Crippen LogP contribution in [0.15, 0.2) is 18.2 Å². The number of nitrogens with zero attached hydrogens (tertiary/aromatic N) is 1. The van der Waals surface area contributed by atoms with Crippen LogP contribution < -0.4 is 17.0 Å². The zero-order chi connectivity index (χ0) is 8.27. The Bertz CT molecular complexity index is 243. The largest absolute Gasteiger partial charge is 2.00 e. The van der Waals surface area contributed by atoms with Gasteiger partial charge in [0.15, 0.2) is 0 Å². The average Bonchev–Trinajstić information content (AvgIpc) is 1.85. The molecule has 68 valence electrons. The predicted molar refractivity (Wildman–Crippen MR) is 48.4 cm³/mol. The van der Waals surface area contributed by atoms with E-state index in [1.165, 1.54) is 12.1 Å². The van der Waals surface area contributed by atoms with Crippen molar-refractivity contribution in [1.82, 2.24) is 4.90 Å². The Morgan fingerprint density at radius 2 is 2.08 bits per heavy atom. The third-order valence-corrected chi connectivity index (χ3v) is 1.31. The van der Waals surface area contributed by atoms with Crippen LogP contribution in [-0.2, 0) is 6.54 Å². The van der Waals surface area contributed by atoms with Crippen molar-refractivity contribution in [2.45, 2.75) is 6.54 Å². The van der Waals surface area contributed by atoms with Gasteiger partial charge < -0.3 is 21.9 Å². The Morgan fingerprint density at radius 1 is 1.46 bits per heavy atom. The summed E-state index contributed by atoms with van der Waals surface area (Å²) in [5.74, 6) is -0.194. The van der Waals surface area contributed by atoms with E-state index in [2.05, 4.69) is 6.07 Å². The first-order valence-electron chi connectivity index (χ1n) is 3.49. The third kappa shape index (κ3) is 6.43. The third-order valence-electron chi connectivity index (χ3n) is 1.31. The second-order valence-electron chi connectivity index (χ2n) is 2.77. The van der Waals surface area contributed by atoms with E-state index in [0.29, 0.717) is 0 Å². The Labute approximate surface area is 105 Å². The molecule has 0 aromatic heterocycles. The van der Waals surface area contributed by atoms with Crippen molar-refractivity contribution in [3.05, 3.63) is 35.6 Å². The molecule has 0 saturated carbocycles. The normalized spacial score (nSPS) is 8.92. The molecular weight excluding hydrogens is 245 g/mol. The van der Waals surface area contributed by atoms with Gasteiger partial charge in [-0.3, -0.25) is 0 Å². The van der Waals surface area contributed by atoms with Crippen LogP contribution in [0.1, 0.15) is 5.56 Å². The molecule has 1 aromatic rings. The molecule has 0 unspecified atom stereocenters. The Hall–Kier alpha value is 0.356. The summed E-state index contributed by atoms with van der Waals surface area (Å²) in [6.45, 7) is 0.734. The van der Waals surface area contributed by atoms with Gasteiger partial charge in [-0.1, -0.05) is 0 Å². The van der Waals surface area contributed by atoms with Crippen molar-refractivity contribution in [3.8, 4) is 0 Å². The van der Waals surface area contributed by atoms with Gasteiger partial charge in [0, 0.05) is 12.4 Å². The molecule has 1 rings (SSSR count). The van der Waals surface area contributed by atoms with E-state index >= 15 is 0 Å². The summed E-state index contributed by atoms with van der Waals surface area (Å²) in [4.78, 5) is 1.98. The minimum atomic E-state index is -0.194. The van der Waals surface area contributed by atoms with Crippen LogP contribution in [0.5, 0.6) is 0 Å². The van der Waals surface area contributed by atoms with Crippen LogP contribution in [0, 0.1) is 11.9 Å². The van der Waals surface area contributed by atoms with Crippen molar-refractivity contribution in [3.63, 3.8) is 0 Å². The number of hydrogen-bond donors (Lipinski definition) is 0. The summed E-state index contributed by atoms with van der Waals surface area (Å²) in [6, 6.07) is 7.47. The molecule has 0 spiro atoms. The van der Waals surface area contributed by atoms with Gasteiger partial charge >= 0.3 is 23.1 Å². The van der Waals surface area contributed by atoms with Crippen molar-refractivity contribution in [2.75, 3.05) is 14.1 Å². The van der Waals surface area contributed by atoms with Crippen LogP contribution in [-0.4, -0.2) is 42.0 Å². The van der Waals surface area contributed by atoms with E-state index in [1.807, 2.05) is 19.0 Å². The van der Waals surface area contributed by atoms with Gasteiger partial charge in [0.05, 0.1) is 0 Å². The van der Waals surface area contributed by atoms with E-state index in [1.54, 1.807) is 6.07 Å². The van der Waals surface area contributed by atoms with Crippen LogP contribution in [0.25, 0.3) is 0 Å². The maximum atomic E-state index is 12.6. The fourth-order valence-electron chi connectivity index (χ4n) is 0.917. The summed E-state index contributed by atoms with van der Waals surface area (Å²) in [7, 11) is 3.89. The van der Waals surface area contributed by atoms with Gasteiger partial charge in [0.2, 0.25) is 0 Å². The summed E-state index contributed by atoms with van der Waals surface area (Å²) < 4.78 is 12.6. The quantitative estimate of drug-likeness (QED) is 0.451. The van der Waals surface area contributed by atoms with Gasteiger partial charge in [0.25, 0.3) is 0 Å². The summed E-state index contributed by atoms with van der Waals surface area (Å²) >= 11 is 0. The molecular formula is C9H11BrFMgN. The number of rotatable bonds is 2.